The number of amides is 2. The Morgan fingerprint density at radius 2 is 2.40 bits per heavy atom. The molecule has 56 valence electrons. The third-order valence-corrected chi connectivity index (χ3v) is 0.978. The van der Waals surface area contributed by atoms with E-state index in [2.05, 4.69) is 10.6 Å². The predicted molar refractivity (Wildman–Crippen MR) is 37.3 cm³/mol. The topological polar surface area (TPSA) is 64.9 Å². The van der Waals surface area contributed by atoms with Gasteiger partial charge in [0.1, 0.15) is 0 Å². The van der Waals surface area contributed by atoms with Gasteiger partial charge in [0, 0.05) is 20.0 Å². The molecule has 0 aliphatic heterocycles. The Bertz CT molecular complexity index is 138. The van der Waals surface area contributed by atoms with Gasteiger partial charge in [-0.25, -0.2) is 4.79 Å². The number of urea groups is 1. The molecule has 0 fully saturated rings. The first-order valence-electron chi connectivity index (χ1n) is 3.13. The van der Waals surface area contributed by atoms with Crippen molar-refractivity contribution >= 4 is 6.03 Å². The molecule has 0 aromatic rings. The second-order valence-electron chi connectivity index (χ2n) is 1.77. The molecule has 0 saturated carbocycles. The number of carbonyl (C=O) groups excluding carboxylic acids is 1. The maximum atomic E-state index is 10.5. The van der Waals surface area contributed by atoms with E-state index < -0.39 is 0 Å². The first-order valence-corrected chi connectivity index (χ1v) is 3.13. The van der Waals surface area contributed by atoms with Crippen LogP contribution in [0.25, 0.3) is 0 Å². The van der Waals surface area contributed by atoms with Crippen molar-refractivity contribution in [2.75, 3.05) is 13.6 Å². The Morgan fingerprint density at radius 1 is 1.70 bits per heavy atom. The van der Waals surface area contributed by atoms with Crippen LogP contribution >= 0.6 is 0 Å². The van der Waals surface area contributed by atoms with E-state index >= 15 is 0 Å². The predicted octanol–water partition coefficient (Wildman–Crippen LogP) is 0.219. The van der Waals surface area contributed by atoms with Crippen LogP contribution in [0.15, 0.2) is 0 Å². The molecule has 0 unspecified atom stereocenters. The van der Waals surface area contributed by atoms with Crippen molar-refractivity contribution in [3.63, 3.8) is 0 Å². The quantitative estimate of drug-likeness (QED) is 0.552. The first kappa shape index (κ1) is 8.76. The molecule has 0 aliphatic carbocycles. The summed E-state index contributed by atoms with van der Waals surface area (Å²) in [7, 11) is 1.56. The molecule has 0 aromatic heterocycles. The highest BCUT2D eigenvalue weighted by Crippen LogP contribution is 1.81. The van der Waals surface area contributed by atoms with Gasteiger partial charge in [-0.15, -0.1) is 0 Å². The number of rotatable bonds is 3. The van der Waals surface area contributed by atoms with Crippen molar-refractivity contribution in [2.24, 2.45) is 0 Å². The lowest BCUT2D eigenvalue weighted by Gasteiger charge is -2.00. The molecule has 0 bridgehead atoms. The van der Waals surface area contributed by atoms with Crippen molar-refractivity contribution in [3.8, 4) is 6.07 Å². The Balaban J connectivity index is 3.05. The minimum absolute atomic E-state index is 0.196. The Kier molecular flexibility index (Phi) is 5.16. The van der Waals surface area contributed by atoms with Crippen LogP contribution in [0, 0.1) is 11.3 Å². The lowest BCUT2D eigenvalue weighted by Crippen LogP contribution is -2.33. The lowest BCUT2D eigenvalue weighted by atomic mass is 10.3. The second-order valence-corrected chi connectivity index (χ2v) is 1.77. The third-order valence-electron chi connectivity index (χ3n) is 0.978. The Morgan fingerprint density at radius 3 is 2.90 bits per heavy atom. The molecule has 0 saturated heterocycles. The highest BCUT2D eigenvalue weighted by Gasteiger charge is 1.92. The minimum Gasteiger partial charge on any atom is -0.341 e. The minimum atomic E-state index is -0.196. The Hall–Kier alpha value is -1.24. The molecule has 0 heterocycles. The van der Waals surface area contributed by atoms with E-state index in [4.69, 9.17) is 5.26 Å². The van der Waals surface area contributed by atoms with Crippen molar-refractivity contribution in [1.82, 2.24) is 10.6 Å². The molecular formula is C6H11N3O. The largest absolute Gasteiger partial charge is 0.341 e. The fourth-order valence-corrected chi connectivity index (χ4v) is 0.458. The number of carbonyl (C=O) groups is 1. The molecule has 0 atom stereocenters. The molecule has 0 spiro atoms. The number of unbranched alkanes of at least 4 members (excludes halogenated alkanes) is 1. The van der Waals surface area contributed by atoms with Crippen molar-refractivity contribution in [3.05, 3.63) is 0 Å². The number of nitrogens with one attached hydrogen (secondary N) is 2. The third kappa shape index (κ3) is 4.91. The van der Waals surface area contributed by atoms with Crippen LogP contribution in [0.5, 0.6) is 0 Å². The molecule has 0 aromatic carbocycles. The van der Waals surface area contributed by atoms with Gasteiger partial charge < -0.3 is 10.6 Å². The van der Waals surface area contributed by atoms with Gasteiger partial charge in [0.05, 0.1) is 6.07 Å². The fraction of sp³-hybridized carbons (Fsp3) is 0.667. The molecule has 0 rings (SSSR count). The van der Waals surface area contributed by atoms with Crippen LogP contribution in [-0.2, 0) is 0 Å². The molecule has 2 amide bonds. The zero-order valence-electron chi connectivity index (χ0n) is 5.98. The summed E-state index contributed by atoms with van der Waals surface area (Å²) in [5.74, 6) is 0. The lowest BCUT2D eigenvalue weighted by molar-refractivity contribution is 0.243. The average molecular weight is 141 g/mol. The molecule has 4 nitrogen and oxygen atoms in total. The van der Waals surface area contributed by atoms with Gasteiger partial charge in [-0.2, -0.15) is 5.26 Å². The summed E-state index contributed by atoms with van der Waals surface area (Å²) >= 11 is 0. The monoisotopic (exact) mass is 141 g/mol. The highest BCUT2D eigenvalue weighted by molar-refractivity contribution is 5.73. The number of nitrogens with zero attached hydrogens (tertiary/aromatic N) is 1. The van der Waals surface area contributed by atoms with E-state index in [0.29, 0.717) is 19.4 Å². The number of hydrogen-bond donors (Lipinski definition) is 2. The maximum absolute atomic E-state index is 10.5. The summed E-state index contributed by atoms with van der Waals surface area (Å²) in [6, 6.07) is 1.79. The average Bonchev–Trinajstić information content (AvgIpc) is 1.98. The molecular weight excluding hydrogens is 130 g/mol. The van der Waals surface area contributed by atoms with E-state index in [1.54, 1.807) is 7.05 Å². The van der Waals surface area contributed by atoms with Gasteiger partial charge in [0.2, 0.25) is 0 Å². The number of hydrogen-bond acceptors (Lipinski definition) is 2. The van der Waals surface area contributed by atoms with E-state index in [1.165, 1.54) is 0 Å². The highest BCUT2D eigenvalue weighted by atomic mass is 16.2. The van der Waals surface area contributed by atoms with Crippen molar-refractivity contribution in [2.45, 2.75) is 12.8 Å². The number of nitriles is 1. The summed E-state index contributed by atoms with van der Waals surface area (Å²) in [6.07, 6.45) is 1.20. The van der Waals surface area contributed by atoms with Crippen molar-refractivity contribution < 1.29 is 4.79 Å². The van der Waals surface area contributed by atoms with E-state index in [1.807, 2.05) is 6.07 Å². The van der Waals surface area contributed by atoms with Gasteiger partial charge in [0.25, 0.3) is 0 Å². The fourth-order valence-electron chi connectivity index (χ4n) is 0.458. The normalized spacial score (nSPS) is 8.00. The second kappa shape index (κ2) is 5.89. The SMILES string of the molecule is CNC(=O)NCCCC#N. The van der Waals surface area contributed by atoms with Gasteiger partial charge in [-0.1, -0.05) is 0 Å². The summed E-state index contributed by atoms with van der Waals surface area (Å²) in [6.45, 7) is 0.563. The van der Waals surface area contributed by atoms with Crippen LogP contribution in [0.4, 0.5) is 4.79 Å². The van der Waals surface area contributed by atoms with Crippen LogP contribution in [0.1, 0.15) is 12.8 Å². The molecule has 0 radical (unpaired) electrons. The Labute approximate surface area is 60.2 Å². The molecule has 0 aliphatic rings. The van der Waals surface area contributed by atoms with E-state index in [9.17, 15) is 4.79 Å². The van der Waals surface area contributed by atoms with E-state index in [-0.39, 0.29) is 6.03 Å². The summed E-state index contributed by atoms with van der Waals surface area (Å²) in [5, 5.41) is 13.1. The van der Waals surface area contributed by atoms with Gasteiger partial charge in [-0.05, 0) is 6.42 Å². The van der Waals surface area contributed by atoms with Gasteiger partial charge in [-0.3, -0.25) is 0 Å². The van der Waals surface area contributed by atoms with E-state index in [0.717, 1.165) is 0 Å². The smallest absolute Gasteiger partial charge is 0.314 e. The standard InChI is InChI=1S/C6H11N3O/c1-8-6(10)9-5-3-2-4-7/h2-3,5H2,1H3,(H2,8,9,10). The zero-order valence-corrected chi connectivity index (χ0v) is 5.98. The molecule has 4 heteroatoms. The van der Waals surface area contributed by atoms with Gasteiger partial charge >= 0.3 is 6.03 Å². The van der Waals surface area contributed by atoms with Crippen molar-refractivity contribution in [1.29, 1.82) is 5.26 Å². The van der Waals surface area contributed by atoms with Crippen LogP contribution in [0.2, 0.25) is 0 Å². The summed E-state index contributed by atoms with van der Waals surface area (Å²) in [5.41, 5.74) is 0. The van der Waals surface area contributed by atoms with Gasteiger partial charge in [0.15, 0.2) is 0 Å². The summed E-state index contributed by atoms with van der Waals surface area (Å²) < 4.78 is 0. The zero-order chi connectivity index (χ0) is 7.82. The summed E-state index contributed by atoms with van der Waals surface area (Å²) in [4.78, 5) is 10.5. The maximum Gasteiger partial charge on any atom is 0.314 e. The van der Waals surface area contributed by atoms with Crippen LogP contribution in [-0.4, -0.2) is 19.6 Å². The first-order chi connectivity index (χ1) is 4.81. The molecule has 2 N–H and O–H groups in total. The van der Waals surface area contributed by atoms with Crippen LogP contribution in [0.3, 0.4) is 0 Å². The van der Waals surface area contributed by atoms with Crippen LogP contribution < -0.4 is 10.6 Å². The molecule has 10 heavy (non-hydrogen) atoms.